The van der Waals surface area contributed by atoms with E-state index >= 15 is 0 Å². The molecule has 0 amide bonds. The first-order chi connectivity index (χ1) is 15.6. The molecule has 2 rings (SSSR count). The first kappa shape index (κ1) is 25.0. The Hall–Kier alpha value is -3.27. The summed E-state index contributed by atoms with van der Waals surface area (Å²) in [6, 6.07) is 2.36. The highest BCUT2D eigenvalue weighted by molar-refractivity contribution is 6.09. The van der Waals surface area contributed by atoms with Crippen molar-refractivity contribution in [2.75, 3.05) is 13.1 Å². The molecule has 1 N–H and O–H groups in total. The summed E-state index contributed by atoms with van der Waals surface area (Å²) >= 11 is 0. The molecule has 0 aromatic rings. The number of allylic oxidation sites excluding steroid dienone is 3. The SMILES string of the molecule is C/C=N\C=C/C(C)CCCNC1=NC=C(C#N)C(N2/C=N\C(CC)/C=C\C=C/C2C)=NC1. The largest absolute Gasteiger partial charge is 0.372 e. The fraction of sp³-hybridized carbons (Fsp3) is 0.480. The van der Waals surface area contributed by atoms with Gasteiger partial charge in [0.2, 0.25) is 0 Å². The third-order valence-corrected chi connectivity index (χ3v) is 5.22. The maximum Gasteiger partial charge on any atom is 0.149 e. The first-order valence-corrected chi connectivity index (χ1v) is 11.4. The summed E-state index contributed by atoms with van der Waals surface area (Å²) in [5, 5.41) is 13.1. The molecule has 170 valence electrons. The zero-order valence-electron chi connectivity index (χ0n) is 19.6. The molecule has 0 saturated carbocycles. The minimum absolute atomic E-state index is 0.00982. The number of hydrogen-bond acceptors (Lipinski definition) is 7. The minimum Gasteiger partial charge on any atom is -0.372 e. The number of nitrogens with zero attached hydrogens (tertiary/aromatic N) is 6. The van der Waals surface area contributed by atoms with Gasteiger partial charge in [-0.1, -0.05) is 44.2 Å². The minimum atomic E-state index is 0.00982. The van der Waals surface area contributed by atoms with Crippen LogP contribution >= 0.6 is 0 Å². The van der Waals surface area contributed by atoms with Crippen LogP contribution in [-0.4, -0.2) is 54.3 Å². The van der Waals surface area contributed by atoms with Crippen LogP contribution in [0.15, 0.2) is 68.3 Å². The molecule has 2 aliphatic heterocycles. The summed E-state index contributed by atoms with van der Waals surface area (Å²) in [6.45, 7) is 9.47. The monoisotopic (exact) mass is 433 g/mol. The lowest BCUT2D eigenvalue weighted by Crippen LogP contribution is -2.38. The van der Waals surface area contributed by atoms with Crippen LogP contribution in [0.4, 0.5) is 0 Å². The fourth-order valence-electron chi connectivity index (χ4n) is 3.22. The van der Waals surface area contributed by atoms with Gasteiger partial charge in [-0.05, 0) is 39.0 Å². The number of rotatable bonds is 7. The van der Waals surface area contributed by atoms with Crippen LogP contribution in [0.3, 0.4) is 0 Å². The van der Waals surface area contributed by atoms with Gasteiger partial charge in [0.05, 0.1) is 31.2 Å². The molecule has 0 fully saturated rings. The predicted molar refractivity (Wildman–Crippen MR) is 135 cm³/mol. The van der Waals surface area contributed by atoms with E-state index in [4.69, 9.17) is 4.99 Å². The normalized spacial score (nSPS) is 25.5. The number of nitriles is 1. The first-order valence-electron chi connectivity index (χ1n) is 11.4. The van der Waals surface area contributed by atoms with Crippen LogP contribution in [0.2, 0.25) is 0 Å². The highest BCUT2D eigenvalue weighted by Gasteiger charge is 2.21. The molecule has 32 heavy (non-hydrogen) atoms. The van der Waals surface area contributed by atoms with Crippen molar-refractivity contribution >= 4 is 24.2 Å². The van der Waals surface area contributed by atoms with E-state index in [2.05, 4.69) is 65.4 Å². The molecule has 0 spiro atoms. The molecule has 0 radical (unpaired) electrons. The highest BCUT2D eigenvalue weighted by atomic mass is 15.2. The quantitative estimate of drug-likeness (QED) is 0.475. The number of nitrogens with one attached hydrogen (secondary N) is 1. The summed E-state index contributed by atoms with van der Waals surface area (Å²) < 4.78 is 0. The van der Waals surface area contributed by atoms with Crippen molar-refractivity contribution in [3.8, 4) is 6.07 Å². The molecule has 2 aliphatic rings. The lowest BCUT2D eigenvalue weighted by atomic mass is 10.1. The van der Waals surface area contributed by atoms with Crippen LogP contribution in [0.1, 0.15) is 47.0 Å². The van der Waals surface area contributed by atoms with Crippen molar-refractivity contribution in [2.45, 2.75) is 59.0 Å². The summed E-state index contributed by atoms with van der Waals surface area (Å²) in [4.78, 5) is 20.0. The van der Waals surface area contributed by atoms with E-state index in [-0.39, 0.29) is 12.1 Å². The van der Waals surface area contributed by atoms with Crippen molar-refractivity contribution in [3.05, 3.63) is 48.4 Å². The Kier molecular flexibility index (Phi) is 10.9. The molecule has 0 aliphatic carbocycles. The van der Waals surface area contributed by atoms with Crippen LogP contribution in [0, 0.1) is 17.2 Å². The number of aliphatic imine (C=N–C) groups is 4. The topological polar surface area (TPSA) is 88.5 Å². The number of hydrogen-bond donors (Lipinski definition) is 1. The van der Waals surface area contributed by atoms with Crippen molar-refractivity contribution in [1.29, 1.82) is 5.26 Å². The van der Waals surface area contributed by atoms with E-state index in [1.165, 1.54) is 0 Å². The van der Waals surface area contributed by atoms with Gasteiger partial charge < -0.3 is 10.2 Å². The van der Waals surface area contributed by atoms with E-state index in [1.54, 1.807) is 18.8 Å². The second-order valence-corrected chi connectivity index (χ2v) is 7.82. The van der Waals surface area contributed by atoms with Crippen LogP contribution < -0.4 is 5.32 Å². The second-order valence-electron chi connectivity index (χ2n) is 7.82. The zero-order valence-corrected chi connectivity index (χ0v) is 19.6. The zero-order chi connectivity index (χ0) is 23.2. The van der Waals surface area contributed by atoms with Crippen molar-refractivity contribution < 1.29 is 0 Å². The van der Waals surface area contributed by atoms with Gasteiger partial charge in [0.1, 0.15) is 23.3 Å². The van der Waals surface area contributed by atoms with Gasteiger partial charge in [-0.25, -0.2) is 4.99 Å². The van der Waals surface area contributed by atoms with Gasteiger partial charge in [-0.2, -0.15) is 5.26 Å². The van der Waals surface area contributed by atoms with Crippen molar-refractivity contribution in [1.82, 2.24) is 10.2 Å². The van der Waals surface area contributed by atoms with Gasteiger partial charge >= 0.3 is 0 Å². The molecule has 2 heterocycles. The Morgan fingerprint density at radius 1 is 1.38 bits per heavy atom. The summed E-state index contributed by atoms with van der Waals surface area (Å²) in [5.74, 6) is 1.84. The average molecular weight is 434 g/mol. The standard InChI is InChI=1S/C25H35N7/c1-5-23-12-8-7-11-21(4)32(19-31-23)25-22(16-26)17-29-24(18-30-25)28-14-9-10-20(3)13-15-27-6-2/h6-8,11-13,15,17,19-21,23H,5,9-10,14,18H2,1-4H3,(H,28,29)/b11-7-,12-8-,15-13-,27-6-,31-19-. The summed E-state index contributed by atoms with van der Waals surface area (Å²) in [6.07, 6.45) is 20.3. The molecule has 3 atom stereocenters. The summed E-state index contributed by atoms with van der Waals surface area (Å²) in [5.41, 5.74) is 0.434. The molecule has 7 nitrogen and oxygen atoms in total. The molecular weight excluding hydrogens is 398 g/mol. The van der Waals surface area contributed by atoms with Gasteiger partial charge in [0, 0.05) is 19.0 Å². The molecule has 0 aromatic heterocycles. The molecule has 0 saturated heterocycles. The maximum atomic E-state index is 9.73. The van der Waals surface area contributed by atoms with E-state index in [1.807, 2.05) is 30.2 Å². The molecule has 3 unspecified atom stereocenters. The Labute approximate surface area is 192 Å². The van der Waals surface area contributed by atoms with Crippen molar-refractivity contribution in [3.63, 3.8) is 0 Å². The molecule has 0 aromatic carbocycles. The van der Waals surface area contributed by atoms with Gasteiger partial charge in [0.15, 0.2) is 0 Å². The lowest BCUT2D eigenvalue weighted by Gasteiger charge is -2.25. The van der Waals surface area contributed by atoms with Gasteiger partial charge in [-0.15, -0.1) is 0 Å². The Balaban J connectivity index is 2.03. The second kappa shape index (κ2) is 13.9. The van der Waals surface area contributed by atoms with Gasteiger partial charge in [-0.3, -0.25) is 15.0 Å². The number of amidine groups is 2. The lowest BCUT2D eigenvalue weighted by molar-refractivity contribution is 0.552. The van der Waals surface area contributed by atoms with Crippen molar-refractivity contribution in [2.24, 2.45) is 25.9 Å². The summed E-state index contributed by atoms with van der Waals surface area (Å²) in [7, 11) is 0. The third-order valence-electron chi connectivity index (χ3n) is 5.22. The van der Waals surface area contributed by atoms with E-state index in [0.29, 0.717) is 23.9 Å². The Morgan fingerprint density at radius 2 is 2.19 bits per heavy atom. The fourth-order valence-corrected chi connectivity index (χ4v) is 3.22. The average Bonchev–Trinajstić information content (AvgIpc) is 2.94. The van der Waals surface area contributed by atoms with E-state index in [9.17, 15) is 5.26 Å². The molecular formula is C25H35N7. The third kappa shape index (κ3) is 8.10. The Bertz CT molecular complexity index is 880. The van der Waals surface area contributed by atoms with Crippen LogP contribution in [0.5, 0.6) is 0 Å². The van der Waals surface area contributed by atoms with E-state index in [0.717, 1.165) is 31.6 Å². The van der Waals surface area contributed by atoms with Crippen LogP contribution in [-0.2, 0) is 0 Å². The molecule has 0 bridgehead atoms. The van der Waals surface area contributed by atoms with Gasteiger partial charge in [0.25, 0.3) is 0 Å². The predicted octanol–water partition coefficient (Wildman–Crippen LogP) is 4.44. The highest BCUT2D eigenvalue weighted by Crippen LogP contribution is 2.13. The smallest absolute Gasteiger partial charge is 0.149 e. The van der Waals surface area contributed by atoms with E-state index < -0.39 is 0 Å². The Morgan fingerprint density at radius 3 is 2.94 bits per heavy atom. The molecule has 7 heteroatoms. The van der Waals surface area contributed by atoms with Crippen LogP contribution in [0.25, 0.3) is 0 Å². The maximum absolute atomic E-state index is 9.73.